The third-order valence-electron chi connectivity index (χ3n) is 3.20. The molecule has 0 saturated carbocycles. The van der Waals surface area contributed by atoms with Gasteiger partial charge < -0.3 is 9.47 Å². The molecule has 0 aliphatic rings. The maximum Gasteiger partial charge on any atom is 0.148 e. The lowest BCUT2D eigenvalue weighted by atomic mass is 10.2. The molecule has 1 aromatic heterocycles. The first-order valence-electron chi connectivity index (χ1n) is 7.53. The van der Waals surface area contributed by atoms with Crippen LogP contribution in [-0.4, -0.2) is 34.3 Å². The molecule has 0 unspecified atom stereocenters. The molecule has 2 rings (SSSR count). The summed E-state index contributed by atoms with van der Waals surface area (Å²) >= 11 is 3.27. The first-order valence-corrected chi connectivity index (χ1v) is 8.32. The van der Waals surface area contributed by atoms with Crippen molar-refractivity contribution in [3.05, 3.63) is 46.7 Å². The Morgan fingerprint density at radius 2 is 2.05 bits per heavy atom. The largest absolute Gasteiger partial charge is 0.381 e. The highest BCUT2D eigenvalue weighted by atomic mass is 79.9. The lowest BCUT2D eigenvalue weighted by molar-refractivity contribution is 0.0212. The lowest BCUT2D eigenvalue weighted by Gasteiger charge is -2.13. The van der Waals surface area contributed by atoms with Gasteiger partial charge in [0.25, 0.3) is 0 Å². The SMILES string of the molecule is C[C@@H](CCOCCCn1ncc(Br)n1)OCc1ccccc1. The molecule has 6 heteroatoms. The van der Waals surface area contributed by atoms with Crippen LogP contribution in [0.4, 0.5) is 0 Å². The summed E-state index contributed by atoms with van der Waals surface area (Å²) in [6, 6.07) is 10.2. The summed E-state index contributed by atoms with van der Waals surface area (Å²) in [4.78, 5) is 1.67. The van der Waals surface area contributed by atoms with Crippen LogP contribution in [0.3, 0.4) is 0 Å². The second-order valence-electron chi connectivity index (χ2n) is 5.13. The smallest absolute Gasteiger partial charge is 0.148 e. The molecule has 0 amide bonds. The number of ether oxygens (including phenoxy) is 2. The van der Waals surface area contributed by atoms with Crippen molar-refractivity contribution in [3.63, 3.8) is 0 Å². The van der Waals surface area contributed by atoms with E-state index < -0.39 is 0 Å². The van der Waals surface area contributed by atoms with Gasteiger partial charge in [0, 0.05) is 13.2 Å². The molecule has 0 N–H and O–H groups in total. The summed E-state index contributed by atoms with van der Waals surface area (Å²) in [5.41, 5.74) is 1.20. The van der Waals surface area contributed by atoms with E-state index in [1.54, 1.807) is 11.0 Å². The Morgan fingerprint density at radius 1 is 1.23 bits per heavy atom. The summed E-state index contributed by atoms with van der Waals surface area (Å²) in [6.45, 7) is 4.93. The zero-order valence-electron chi connectivity index (χ0n) is 12.8. The zero-order valence-corrected chi connectivity index (χ0v) is 14.4. The Kier molecular flexibility index (Phi) is 7.56. The Bertz CT molecular complexity index is 533. The molecule has 2 aromatic rings. The third kappa shape index (κ3) is 6.68. The summed E-state index contributed by atoms with van der Waals surface area (Å²) in [5, 5.41) is 8.25. The molecule has 120 valence electrons. The van der Waals surface area contributed by atoms with Crippen LogP contribution < -0.4 is 0 Å². The molecule has 0 radical (unpaired) electrons. The average molecular weight is 368 g/mol. The van der Waals surface area contributed by atoms with Crippen LogP contribution in [0.5, 0.6) is 0 Å². The van der Waals surface area contributed by atoms with Crippen LogP contribution in [0.1, 0.15) is 25.3 Å². The number of hydrogen-bond acceptors (Lipinski definition) is 4. The van der Waals surface area contributed by atoms with Gasteiger partial charge >= 0.3 is 0 Å². The van der Waals surface area contributed by atoms with Gasteiger partial charge in [-0.25, -0.2) is 0 Å². The van der Waals surface area contributed by atoms with E-state index in [-0.39, 0.29) is 6.10 Å². The van der Waals surface area contributed by atoms with E-state index in [1.807, 2.05) is 18.2 Å². The standard InChI is InChI=1S/C16H22BrN3O2/c1-14(22-13-15-6-3-2-4-7-15)8-11-21-10-5-9-20-18-12-16(17)19-20/h2-4,6-7,12,14H,5,8-11,13H2,1H3/t14-/m0/s1. The van der Waals surface area contributed by atoms with Crippen molar-refractivity contribution in [1.82, 2.24) is 15.0 Å². The fourth-order valence-corrected chi connectivity index (χ4v) is 2.21. The summed E-state index contributed by atoms with van der Waals surface area (Å²) in [5.74, 6) is 0. The second kappa shape index (κ2) is 9.71. The number of aryl methyl sites for hydroxylation is 1. The summed E-state index contributed by atoms with van der Waals surface area (Å²) < 4.78 is 12.2. The number of rotatable bonds is 10. The third-order valence-corrected chi connectivity index (χ3v) is 3.56. The molecule has 0 aliphatic carbocycles. The van der Waals surface area contributed by atoms with Crippen molar-refractivity contribution in [2.75, 3.05) is 13.2 Å². The molecule has 1 atom stereocenters. The van der Waals surface area contributed by atoms with Gasteiger partial charge in [0.05, 0.1) is 25.5 Å². The molecule has 0 bridgehead atoms. The van der Waals surface area contributed by atoms with Crippen molar-refractivity contribution >= 4 is 15.9 Å². The summed E-state index contributed by atoms with van der Waals surface area (Å²) in [6.07, 6.45) is 3.69. The van der Waals surface area contributed by atoms with Gasteiger partial charge in [-0.3, -0.25) is 0 Å². The van der Waals surface area contributed by atoms with E-state index in [9.17, 15) is 0 Å². The monoisotopic (exact) mass is 367 g/mol. The zero-order chi connectivity index (χ0) is 15.6. The molecule has 0 saturated heterocycles. The van der Waals surface area contributed by atoms with Crippen LogP contribution >= 0.6 is 15.9 Å². The van der Waals surface area contributed by atoms with Crippen molar-refractivity contribution < 1.29 is 9.47 Å². The van der Waals surface area contributed by atoms with E-state index in [1.165, 1.54) is 5.56 Å². The van der Waals surface area contributed by atoms with Crippen LogP contribution in [0.2, 0.25) is 0 Å². The fraction of sp³-hybridized carbons (Fsp3) is 0.500. The first-order chi connectivity index (χ1) is 10.7. The van der Waals surface area contributed by atoms with Crippen LogP contribution in [-0.2, 0) is 22.6 Å². The predicted octanol–water partition coefficient (Wildman–Crippen LogP) is 3.44. The Hall–Kier alpha value is -1.24. The molecule has 0 aliphatic heterocycles. The Balaban J connectivity index is 1.47. The van der Waals surface area contributed by atoms with Crippen LogP contribution in [0, 0.1) is 0 Å². The topological polar surface area (TPSA) is 49.2 Å². The van der Waals surface area contributed by atoms with Gasteiger partial charge in [0.15, 0.2) is 0 Å². The molecular formula is C16H22BrN3O2. The predicted molar refractivity (Wildman–Crippen MR) is 88.5 cm³/mol. The molecular weight excluding hydrogens is 346 g/mol. The Morgan fingerprint density at radius 3 is 2.77 bits per heavy atom. The molecule has 22 heavy (non-hydrogen) atoms. The highest BCUT2D eigenvalue weighted by Crippen LogP contribution is 2.06. The van der Waals surface area contributed by atoms with Gasteiger partial charge in [-0.05, 0) is 41.3 Å². The van der Waals surface area contributed by atoms with Gasteiger partial charge in [-0.1, -0.05) is 30.3 Å². The van der Waals surface area contributed by atoms with Crippen LogP contribution in [0.25, 0.3) is 0 Å². The molecule has 5 nitrogen and oxygen atoms in total. The normalized spacial score (nSPS) is 12.5. The van der Waals surface area contributed by atoms with E-state index in [4.69, 9.17) is 9.47 Å². The minimum absolute atomic E-state index is 0.198. The highest BCUT2D eigenvalue weighted by molar-refractivity contribution is 9.10. The maximum absolute atomic E-state index is 5.80. The van der Waals surface area contributed by atoms with E-state index >= 15 is 0 Å². The van der Waals surface area contributed by atoms with Crippen LogP contribution in [0.15, 0.2) is 41.1 Å². The summed E-state index contributed by atoms with van der Waals surface area (Å²) in [7, 11) is 0. The fourth-order valence-electron chi connectivity index (χ4n) is 1.94. The number of nitrogens with zero attached hydrogens (tertiary/aromatic N) is 3. The molecule has 0 fully saturated rings. The number of benzene rings is 1. The van der Waals surface area contributed by atoms with E-state index in [0.717, 1.165) is 24.0 Å². The lowest BCUT2D eigenvalue weighted by Crippen LogP contribution is -2.12. The van der Waals surface area contributed by atoms with Gasteiger partial charge in [-0.15, -0.1) is 5.10 Å². The van der Waals surface area contributed by atoms with Gasteiger partial charge in [-0.2, -0.15) is 9.90 Å². The van der Waals surface area contributed by atoms with Gasteiger partial charge in [0.2, 0.25) is 0 Å². The van der Waals surface area contributed by atoms with E-state index in [2.05, 4.69) is 45.2 Å². The minimum atomic E-state index is 0.198. The quantitative estimate of drug-likeness (QED) is 0.603. The maximum atomic E-state index is 5.80. The molecule has 1 aromatic carbocycles. The molecule has 0 spiro atoms. The van der Waals surface area contributed by atoms with E-state index in [0.29, 0.717) is 19.8 Å². The minimum Gasteiger partial charge on any atom is -0.381 e. The van der Waals surface area contributed by atoms with Crippen molar-refractivity contribution in [2.24, 2.45) is 0 Å². The number of hydrogen-bond donors (Lipinski definition) is 0. The number of halogens is 1. The second-order valence-corrected chi connectivity index (χ2v) is 5.94. The number of aromatic nitrogens is 3. The Labute approximate surface area is 139 Å². The van der Waals surface area contributed by atoms with Gasteiger partial charge in [0.1, 0.15) is 4.60 Å². The average Bonchev–Trinajstić information content (AvgIpc) is 2.95. The highest BCUT2D eigenvalue weighted by Gasteiger charge is 2.03. The molecule has 1 heterocycles. The van der Waals surface area contributed by atoms with Crippen molar-refractivity contribution in [2.45, 2.75) is 39.0 Å². The van der Waals surface area contributed by atoms with Crippen molar-refractivity contribution in [1.29, 1.82) is 0 Å². The first kappa shape index (κ1) is 17.1. The van der Waals surface area contributed by atoms with Crippen molar-refractivity contribution in [3.8, 4) is 0 Å².